The first kappa shape index (κ1) is 11.3. The first-order valence-electron chi connectivity index (χ1n) is 4.25. The molecule has 15 heavy (non-hydrogen) atoms. The number of thiophene rings is 1. The van der Waals surface area contributed by atoms with Gasteiger partial charge in [-0.2, -0.15) is 0 Å². The molecular formula is C9H8Br2N2OS. The molecule has 0 spiro atoms. The van der Waals surface area contributed by atoms with Gasteiger partial charge < -0.3 is 9.73 Å². The van der Waals surface area contributed by atoms with Crippen LogP contribution in [0.4, 0.5) is 0 Å². The molecule has 0 aliphatic rings. The highest BCUT2D eigenvalue weighted by Gasteiger charge is 2.12. The van der Waals surface area contributed by atoms with Crippen LogP contribution in [0.3, 0.4) is 0 Å². The fraction of sp³-hybridized carbons (Fsp3) is 0.222. The number of nitrogens with zero attached hydrogens (tertiary/aromatic N) is 1. The lowest BCUT2D eigenvalue weighted by Gasteiger charge is -1.90. The van der Waals surface area contributed by atoms with Crippen LogP contribution in [0, 0.1) is 0 Å². The van der Waals surface area contributed by atoms with E-state index in [9.17, 15) is 0 Å². The largest absolute Gasteiger partial charge is 0.444 e. The average molecular weight is 352 g/mol. The third kappa shape index (κ3) is 2.50. The maximum atomic E-state index is 5.40. The van der Waals surface area contributed by atoms with Crippen LogP contribution in [-0.2, 0) is 6.54 Å². The summed E-state index contributed by atoms with van der Waals surface area (Å²) in [6, 6.07) is 1.99. The average Bonchev–Trinajstić information content (AvgIpc) is 2.73. The molecule has 0 unspecified atom stereocenters. The highest BCUT2D eigenvalue weighted by atomic mass is 79.9. The molecule has 3 nitrogen and oxygen atoms in total. The highest BCUT2D eigenvalue weighted by Crippen LogP contribution is 2.37. The first-order chi connectivity index (χ1) is 7.20. The van der Waals surface area contributed by atoms with Gasteiger partial charge in [-0.1, -0.05) is 0 Å². The van der Waals surface area contributed by atoms with Crippen molar-refractivity contribution >= 4 is 43.2 Å². The normalized spacial score (nSPS) is 10.9. The number of nitrogens with one attached hydrogen (secondary N) is 1. The van der Waals surface area contributed by atoms with E-state index in [4.69, 9.17) is 4.42 Å². The summed E-state index contributed by atoms with van der Waals surface area (Å²) in [5, 5.41) is 3.03. The molecule has 6 heteroatoms. The van der Waals surface area contributed by atoms with E-state index in [1.54, 1.807) is 17.6 Å². The van der Waals surface area contributed by atoms with Crippen LogP contribution < -0.4 is 5.32 Å². The zero-order valence-corrected chi connectivity index (χ0v) is 11.9. The van der Waals surface area contributed by atoms with E-state index in [-0.39, 0.29) is 0 Å². The molecule has 80 valence electrons. The van der Waals surface area contributed by atoms with Crippen molar-refractivity contribution in [3.63, 3.8) is 0 Å². The third-order valence-corrected chi connectivity index (χ3v) is 4.14. The molecule has 2 aromatic rings. The Kier molecular flexibility index (Phi) is 3.60. The summed E-state index contributed by atoms with van der Waals surface area (Å²) in [7, 11) is 1.88. The van der Waals surface area contributed by atoms with Crippen molar-refractivity contribution in [1.82, 2.24) is 10.3 Å². The van der Waals surface area contributed by atoms with Crippen molar-refractivity contribution in [3.05, 3.63) is 25.6 Å². The monoisotopic (exact) mass is 350 g/mol. The van der Waals surface area contributed by atoms with E-state index in [0.717, 1.165) is 18.8 Å². The van der Waals surface area contributed by atoms with Gasteiger partial charge in [0.1, 0.15) is 6.26 Å². The fourth-order valence-electron chi connectivity index (χ4n) is 1.18. The van der Waals surface area contributed by atoms with Gasteiger partial charge in [0.2, 0.25) is 5.89 Å². The zero-order valence-electron chi connectivity index (χ0n) is 7.88. The number of hydrogen-bond acceptors (Lipinski definition) is 4. The van der Waals surface area contributed by atoms with E-state index in [0.29, 0.717) is 12.4 Å². The topological polar surface area (TPSA) is 38.1 Å². The molecular weight excluding hydrogens is 344 g/mol. The molecule has 0 aliphatic carbocycles. The summed E-state index contributed by atoms with van der Waals surface area (Å²) >= 11 is 8.50. The van der Waals surface area contributed by atoms with Gasteiger partial charge in [-0.05, 0) is 45.0 Å². The Bertz CT molecular complexity index is 466. The Hall–Kier alpha value is -0.170. The van der Waals surface area contributed by atoms with Crippen molar-refractivity contribution in [3.8, 4) is 11.5 Å². The molecule has 2 heterocycles. The standard InChI is InChI=1S/C9H8Br2N2OS/c1-12-3-5-4-14-9(13-5)6-2-7(10)15-8(6)11/h2,4,12H,3H2,1H3. The Balaban J connectivity index is 2.32. The van der Waals surface area contributed by atoms with Gasteiger partial charge in [0, 0.05) is 6.54 Å². The summed E-state index contributed by atoms with van der Waals surface area (Å²) in [4.78, 5) is 4.37. The maximum absolute atomic E-state index is 5.40. The van der Waals surface area contributed by atoms with Crippen molar-refractivity contribution in [2.24, 2.45) is 0 Å². The lowest BCUT2D eigenvalue weighted by Crippen LogP contribution is -2.04. The molecule has 0 saturated carbocycles. The van der Waals surface area contributed by atoms with Crippen molar-refractivity contribution in [1.29, 1.82) is 0 Å². The molecule has 0 amide bonds. The van der Waals surface area contributed by atoms with Gasteiger partial charge >= 0.3 is 0 Å². The van der Waals surface area contributed by atoms with Crippen molar-refractivity contribution in [2.45, 2.75) is 6.54 Å². The molecule has 1 N–H and O–H groups in total. The highest BCUT2D eigenvalue weighted by molar-refractivity contribution is 9.12. The zero-order chi connectivity index (χ0) is 10.8. The van der Waals surface area contributed by atoms with Gasteiger partial charge in [-0.15, -0.1) is 11.3 Å². The minimum atomic E-state index is 0.647. The Labute approximate surface area is 108 Å². The second-order valence-corrected chi connectivity index (χ2v) is 6.66. The molecule has 0 fully saturated rings. The molecule has 0 bridgehead atoms. The van der Waals surface area contributed by atoms with Gasteiger partial charge in [0.05, 0.1) is 18.8 Å². The van der Waals surface area contributed by atoms with Crippen LogP contribution in [0.2, 0.25) is 0 Å². The third-order valence-electron chi connectivity index (χ3n) is 1.80. The summed E-state index contributed by atoms with van der Waals surface area (Å²) in [6.07, 6.45) is 1.67. The first-order valence-corrected chi connectivity index (χ1v) is 6.65. The van der Waals surface area contributed by atoms with Gasteiger partial charge in [-0.25, -0.2) is 4.98 Å². The Morgan fingerprint density at radius 3 is 2.93 bits per heavy atom. The lowest BCUT2D eigenvalue weighted by atomic mass is 10.3. The van der Waals surface area contributed by atoms with E-state index < -0.39 is 0 Å². The Morgan fingerprint density at radius 1 is 1.53 bits per heavy atom. The number of halogens is 2. The molecule has 2 aromatic heterocycles. The molecule has 0 aliphatic heterocycles. The van der Waals surface area contributed by atoms with E-state index in [1.165, 1.54) is 0 Å². The smallest absolute Gasteiger partial charge is 0.228 e. The number of oxazole rings is 1. The van der Waals surface area contributed by atoms with E-state index in [1.807, 2.05) is 13.1 Å². The maximum Gasteiger partial charge on any atom is 0.228 e. The van der Waals surface area contributed by atoms with Crippen LogP contribution >= 0.6 is 43.2 Å². The van der Waals surface area contributed by atoms with Crippen LogP contribution in [0.1, 0.15) is 5.69 Å². The second-order valence-electron chi connectivity index (χ2n) is 2.91. The minimum Gasteiger partial charge on any atom is -0.444 e. The van der Waals surface area contributed by atoms with Crippen LogP contribution in [0.25, 0.3) is 11.5 Å². The summed E-state index contributed by atoms with van der Waals surface area (Å²) < 4.78 is 7.48. The van der Waals surface area contributed by atoms with Gasteiger partial charge in [0.25, 0.3) is 0 Å². The fourth-order valence-corrected chi connectivity index (χ4v) is 3.96. The van der Waals surface area contributed by atoms with Crippen LogP contribution in [0.5, 0.6) is 0 Å². The minimum absolute atomic E-state index is 0.647. The van der Waals surface area contributed by atoms with Crippen LogP contribution in [0.15, 0.2) is 24.3 Å². The summed E-state index contributed by atoms with van der Waals surface area (Å²) in [5.41, 5.74) is 1.89. The van der Waals surface area contributed by atoms with Gasteiger partial charge in [0.15, 0.2) is 0 Å². The van der Waals surface area contributed by atoms with Crippen LogP contribution in [-0.4, -0.2) is 12.0 Å². The van der Waals surface area contributed by atoms with E-state index >= 15 is 0 Å². The molecule has 2 rings (SSSR count). The molecule has 0 aromatic carbocycles. The molecule has 0 saturated heterocycles. The number of hydrogen-bond donors (Lipinski definition) is 1. The molecule has 0 radical (unpaired) electrons. The predicted molar refractivity (Wildman–Crippen MR) is 68.0 cm³/mol. The van der Waals surface area contributed by atoms with E-state index in [2.05, 4.69) is 42.2 Å². The Morgan fingerprint density at radius 2 is 2.33 bits per heavy atom. The quantitative estimate of drug-likeness (QED) is 0.917. The number of rotatable bonds is 3. The number of aromatic nitrogens is 1. The van der Waals surface area contributed by atoms with Gasteiger partial charge in [-0.3, -0.25) is 0 Å². The summed E-state index contributed by atoms with van der Waals surface area (Å²) in [5.74, 6) is 0.647. The lowest BCUT2D eigenvalue weighted by molar-refractivity contribution is 0.571. The van der Waals surface area contributed by atoms with Crippen molar-refractivity contribution in [2.75, 3.05) is 7.05 Å². The molecule has 0 atom stereocenters. The van der Waals surface area contributed by atoms with Crippen molar-refractivity contribution < 1.29 is 4.42 Å². The predicted octanol–water partition coefficient (Wildman–Crippen LogP) is 3.65. The summed E-state index contributed by atoms with van der Waals surface area (Å²) in [6.45, 7) is 0.715. The second kappa shape index (κ2) is 4.78. The SMILES string of the molecule is CNCc1coc(-c2cc(Br)sc2Br)n1.